The highest BCUT2D eigenvalue weighted by Gasteiger charge is 2.14. The molecule has 2 heterocycles. The molecule has 3 aromatic rings. The van der Waals surface area contributed by atoms with Crippen LogP contribution in [0.15, 0.2) is 52.1 Å². The third kappa shape index (κ3) is 4.60. The molecule has 0 spiro atoms. The fourth-order valence-corrected chi connectivity index (χ4v) is 3.90. The zero-order valence-corrected chi connectivity index (χ0v) is 17.5. The second kappa shape index (κ2) is 9.28. The largest absolute Gasteiger partial charge is 0.379 e. The summed E-state index contributed by atoms with van der Waals surface area (Å²) >= 11 is 0. The van der Waals surface area contributed by atoms with E-state index in [4.69, 9.17) is 4.74 Å². The molecule has 2 N–H and O–H groups in total. The molecule has 0 atom stereocenters. The molecule has 1 amide bonds. The van der Waals surface area contributed by atoms with Crippen LogP contribution in [0.2, 0.25) is 0 Å². The zero-order chi connectivity index (χ0) is 21.8. The van der Waals surface area contributed by atoms with Crippen molar-refractivity contribution in [1.82, 2.24) is 19.8 Å². The van der Waals surface area contributed by atoms with E-state index in [1.807, 2.05) is 18.2 Å². The molecule has 0 unspecified atom stereocenters. The van der Waals surface area contributed by atoms with E-state index in [0.717, 1.165) is 38.4 Å². The lowest BCUT2D eigenvalue weighted by molar-refractivity contribution is 0.0340. The number of nitrogens with zero attached hydrogens (tertiary/aromatic N) is 2. The van der Waals surface area contributed by atoms with Crippen molar-refractivity contribution < 1.29 is 9.53 Å². The van der Waals surface area contributed by atoms with E-state index in [9.17, 15) is 14.4 Å². The van der Waals surface area contributed by atoms with Crippen LogP contribution in [-0.4, -0.2) is 46.7 Å². The number of carbonyl (C=O) groups excluding carboxylic acids is 1. The van der Waals surface area contributed by atoms with Gasteiger partial charge in [0, 0.05) is 38.3 Å². The van der Waals surface area contributed by atoms with Gasteiger partial charge in [0.1, 0.15) is 0 Å². The summed E-state index contributed by atoms with van der Waals surface area (Å²) in [5, 5.41) is 2.97. The SMILES string of the molecule is CCn1c(=O)c(=O)[nH]c2cc(C(=O)NCc3ccccc3CN3CCOCC3)ccc21. The topological polar surface area (TPSA) is 96.4 Å². The number of aryl methyl sites for hydroxylation is 1. The van der Waals surface area contributed by atoms with E-state index in [0.29, 0.717) is 29.7 Å². The van der Waals surface area contributed by atoms with Gasteiger partial charge < -0.3 is 19.6 Å². The molecule has 8 heteroatoms. The molecular formula is C23H26N4O4. The molecule has 0 radical (unpaired) electrons. The quantitative estimate of drug-likeness (QED) is 0.587. The Kier molecular flexibility index (Phi) is 6.29. The number of H-pyrrole nitrogens is 1. The average molecular weight is 422 g/mol. The highest BCUT2D eigenvalue weighted by molar-refractivity contribution is 5.97. The van der Waals surface area contributed by atoms with Crippen molar-refractivity contribution >= 4 is 16.9 Å². The van der Waals surface area contributed by atoms with Crippen molar-refractivity contribution in [2.24, 2.45) is 0 Å². The van der Waals surface area contributed by atoms with Crippen LogP contribution >= 0.6 is 0 Å². The first kappa shape index (κ1) is 21.0. The number of rotatable bonds is 6. The van der Waals surface area contributed by atoms with E-state index in [2.05, 4.69) is 21.3 Å². The molecule has 8 nitrogen and oxygen atoms in total. The predicted molar refractivity (Wildman–Crippen MR) is 118 cm³/mol. The molecule has 0 bridgehead atoms. The molecule has 2 aromatic carbocycles. The van der Waals surface area contributed by atoms with Crippen molar-refractivity contribution in [2.75, 3.05) is 26.3 Å². The zero-order valence-electron chi connectivity index (χ0n) is 17.5. The number of hydrogen-bond donors (Lipinski definition) is 2. The standard InChI is InChI=1S/C23H26N4O4/c1-2-27-20-8-7-16(13-19(20)25-22(29)23(27)30)21(28)24-14-17-5-3-4-6-18(17)15-26-9-11-31-12-10-26/h3-8,13H,2,9-12,14-15H2,1H3,(H,24,28)(H,25,29). The van der Waals surface area contributed by atoms with Crippen molar-refractivity contribution in [3.05, 3.63) is 79.9 Å². The monoisotopic (exact) mass is 422 g/mol. The van der Waals surface area contributed by atoms with Gasteiger partial charge in [-0.05, 0) is 36.2 Å². The normalized spacial score (nSPS) is 14.6. The van der Waals surface area contributed by atoms with Crippen molar-refractivity contribution in [3.63, 3.8) is 0 Å². The maximum absolute atomic E-state index is 12.8. The first-order valence-corrected chi connectivity index (χ1v) is 10.5. The minimum atomic E-state index is -0.691. The maximum atomic E-state index is 12.8. The number of carbonyl (C=O) groups is 1. The van der Waals surface area contributed by atoms with Gasteiger partial charge in [-0.2, -0.15) is 0 Å². The van der Waals surface area contributed by atoms with Crippen LogP contribution in [0.5, 0.6) is 0 Å². The maximum Gasteiger partial charge on any atom is 0.316 e. The number of benzene rings is 2. The molecular weight excluding hydrogens is 396 g/mol. The second-order valence-corrected chi connectivity index (χ2v) is 7.58. The van der Waals surface area contributed by atoms with Crippen molar-refractivity contribution in [2.45, 2.75) is 26.6 Å². The molecule has 162 valence electrons. The van der Waals surface area contributed by atoms with Gasteiger partial charge in [0.2, 0.25) is 0 Å². The van der Waals surface area contributed by atoms with E-state index < -0.39 is 11.1 Å². The number of fused-ring (bicyclic) bond motifs is 1. The van der Waals surface area contributed by atoms with E-state index >= 15 is 0 Å². The summed E-state index contributed by atoms with van der Waals surface area (Å²) in [5.41, 5.74) is 2.45. The molecule has 31 heavy (non-hydrogen) atoms. The molecule has 0 aliphatic carbocycles. The lowest BCUT2D eigenvalue weighted by atomic mass is 10.1. The molecule has 1 saturated heterocycles. The third-order valence-electron chi connectivity index (χ3n) is 5.61. The van der Waals surface area contributed by atoms with Gasteiger partial charge in [-0.3, -0.25) is 19.3 Å². The van der Waals surface area contributed by atoms with Gasteiger partial charge in [0.05, 0.1) is 24.2 Å². The Morgan fingerprint density at radius 2 is 1.84 bits per heavy atom. The Labute approximate surface area is 179 Å². The Hall–Kier alpha value is -3.23. The first-order chi connectivity index (χ1) is 15.1. The molecule has 1 aliphatic heterocycles. The Morgan fingerprint density at radius 3 is 2.58 bits per heavy atom. The van der Waals surface area contributed by atoms with Crippen LogP contribution < -0.4 is 16.4 Å². The Balaban J connectivity index is 1.50. The molecule has 1 aromatic heterocycles. The second-order valence-electron chi connectivity index (χ2n) is 7.58. The summed E-state index contributed by atoms with van der Waals surface area (Å²) in [6, 6.07) is 13.1. The number of amides is 1. The highest BCUT2D eigenvalue weighted by Crippen LogP contribution is 2.15. The summed E-state index contributed by atoms with van der Waals surface area (Å²) < 4.78 is 6.82. The number of aromatic amines is 1. The summed E-state index contributed by atoms with van der Waals surface area (Å²) in [5.74, 6) is -0.238. The summed E-state index contributed by atoms with van der Waals surface area (Å²) in [6.45, 7) is 6.70. The van der Waals surface area contributed by atoms with Crippen LogP contribution in [0.25, 0.3) is 11.0 Å². The first-order valence-electron chi connectivity index (χ1n) is 10.5. The average Bonchev–Trinajstić information content (AvgIpc) is 2.79. The lowest BCUT2D eigenvalue weighted by Crippen LogP contribution is -2.36. The number of aromatic nitrogens is 2. The highest BCUT2D eigenvalue weighted by atomic mass is 16.5. The van der Waals surface area contributed by atoms with Crippen LogP contribution in [0.3, 0.4) is 0 Å². The Morgan fingerprint density at radius 1 is 1.10 bits per heavy atom. The lowest BCUT2D eigenvalue weighted by Gasteiger charge is -2.27. The smallest absolute Gasteiger partial charge is 0.316 e. The van der Waals surface area contributed by atoms with Crippen LogP contribution in [0.1, 0.15) is 28.4 Å². The van der Waals surface area contributed by atoms with Gasteiger partial charge in [0.15, 0.2) is 0 Å². The van der Waals surface area contributed by atoms with Crippen LogP contribution in [0.4, 0.5) is 0 Å². The third-order valence-corrected chi connectivity index (χ3v) is 5.61. The molecule has 0 saturated carbocycles. The van der Waals surface area contributed by atoms with E-state index in [-0.39, 0.29) is 5.91 Å². The van der Waals surface area contributed by atoms with Gasteiger partial charge in [-0.15, -0.1) is 0 Å². The van der Waals surface area contributed by atoms with Gasteiger partial charge >= 0.3 is 11.1 Å². The minimum Gasteiger partial charge on any atom is -0.379 e. The van der Waals surface area contributed by atoms with Crippen molar-refractivity contribution in [3.8, 4) is 0 Å². The number of morpholine rings is 1. The molecule has 1 fully saturated rings. The van der Waals surface area contributed by atoms with E-state index in [1.54, 1.807) is 25.1 Å². The summed E-state index contributed by atoms with van der Waals surface area (Å²) in [4.78, 5) is 41.6. The predicted octanol–water partition coefficient (Wildman–Crippen LogP) is 1.47. The molecule has 4 rings (SSSR count). The van der Waals surface area contributed by atoms with Crippen molar-refractivity contribution in [1.29, 1.82) is 0 Å². The number of ether oxygens (including phenoxy) is 1. The Bertz CT molecular complexity index is 1210. The van der Waals surface area contributed by atoms with Gasteiger partial charge in [0.25, 0.3) is 5.91 Å². The minimum absolute atomic E-state index is 0.238. The van der Waals surface area contributed by atoms with E-state index in [1.165, 1.54) is 10.1 Å². The fraction of sp³-hybridized carbons (Fsp3) is 0.348. The fourth-order valence-electron chi connectivity index (χ4n) is 3.90. The van der Waals surface area contributed by atoms with Crippen LogP contribution in [0, 0.1) is 0 Å². The van der Waals surface area contributed by atoms with Gasteiger partial charge in [-0.25, -0.2) is 0 Å². The number of nitrogens with one attached hydrogen (secondary N) is 2. The number of hydrogen-bond acceptors (Lipinski definition) is 5. The summed E-state index contributed by atoms with van der Waals surface area (Å²) in [6.07, 6.45) is 0. The summed E-state index contributed by atoms with van der Waals surface area (Å²) in [7, 11) is 0. The molecule has 1 aliphatic rings. The van der Waals surface area contributed by atoms with Gasteiger partial charge in [-0.1, -0.05) is 24.3 Å². The van der Waals surface area contributed by atoms with Crippen LogP contribution in [-0.2, 0) is 24.4 Å².